The van der Waals surface area contributed by atoms with E-state index in [-0.39, 0.29) is 0 Å². The zero-order valence-corrected chi connectivity index (χ0v) is 14.0. The van der Waals surface area contributed by atoms with Gasteiger partial charge < -0.3 is 0 Å². The minimum atomic E-state index is -0.593. The molecule has 0 aromatic heterocycles. The summed E-state index contributed by atoms with van der Waals surface area (Å²) in [6.07, 6.45) is 6.63. The van der Waals surface area contributed by atoms with Gasteiger partial charge in [0, 0.05) is 11.1 Å². The molecule has 24 heavy (non-hydrogen) atoms. The van der Waals surface area contributed by atoms with E-state index in [4.69, 9.17) is 16.8 Å². The minimum absolute atomic E-state index is 0.565. The Morgan fingerprint density at radius 2 is 1.92 bits per heavy atom. The van der Waals surface area contributed by atoms with Gasteiger partial charge in [0.25, 0.3) is 5.91 Å². The molecule has 0 saturated heterocycles. The largest absolute Gasteiger partial charge is 0.288 e. The second-order valence-corrected chi connectivity index (χ2v) is 5.67. The standard InChI is InChI=1S/C20H18ClNO2/c1-14-5-3-4-6-18(14)15(2)7-10-17-11-8-16(13-19(17)21)9-12-20(23)22-24/h3-13,24H,2H2,1H3,(H,22,23)/b10-7+,12-9+. The third-order valence-electron chi connectivity index (χ3n) is 3.52. The molecule has 2 N–H and O–H groups in total. The molecular weight excluding hydrogens is 322 g/mol. The van der Waals surface area contributed by atoms with Crippen LogP contribution in [0.3, 0.4) is 0 Å². The summed E-state index contributed by atoms with van der Waals surface area (Å²) in [5.74, 6) is -0.593. The van der Waals surface area contributed by atoms with E-state index >= 15 is 0 Å². The van der Waals surface area contributed by atoms with E-state index in [1.54, 1.807) is 12.1 Å². The smallest absolute Gasteiger partial charge is 0.267 e. The van der Waals surface area contributed by atoms with Crippen molar-refractivity contribution in [3.63, 3.8) is 0 Å². The molecule has 0 saturated carbocycles. The molecule has 0 spiro atoms. The van der Waals surface area contributed by atoms with Gasteiger partial charge in [0.2, 0.25) is 0 Å². The lowest BCUT2D eigenvalue weighted by atomic mass is 10.0. The molecule has 2 aromatic carbocycles. The molecule has 0 aliphatic heterocycles. The van der Waals surface area contributed by atoms with E-state index in [0.717, 1.165) is 22.3 Å². The van der Waals surface area contributed by atoms with Crippen molar-refractivity contribution in [2.45, 2.75) is 6.92 Å². The number of hydrogen-bond donors (Lipinski definition) is 2. The van der Waals surface area contributed by atoms with E-state index in [9.17, 15) is 4.79 Å². The monoisotopic (exact) mass is 339 g/mol. The Bertz CT molecular complexity index is 822. The van der Waals surface area contributed by atoms with Crippen LogP contribution >= 0.6 is 11.6 Å². The molecule has 0 aliphatic rings. The van der Waals surface area contributed by atoms with Crippen LogP contribution in [-0.4, -0.2) is 11.1 Å². The van der Waals surface area contributed by atoms with Crippen molar-refractivity contribution in [2.24, 2.45) is 0 Å². The van der Waals surface area contributed by atoms with Crippen LogP contribution in [-0.2, 0) is 4.79 Å². The maximum Gasteiger partial charge on any atom is 0.267 e. The van der Waals surface area contributed by atoms with Crippen LogP contribution < -0.4 is 5.48 Å². The molecule has 3 nitrogen and oxygen atoms in total. The lowest BCUT2D eigenvalue weighted by Crippen LogP contribution is -2.14. The first-order valence-electron chi connectivity index (χ1n) is 7.36. The Labute approximate surface area is 146 Å². The first kappa shape index (κ1) is 17.7. The van der Waals surface area contributed by atoms with Crippen LogP contribution in [0.4, 0.5) is 0 Å². The number of aryl methyl sites for hydroxylation is 1. The molecule has 4 heteroatoms. The number of hydroxylamine groups is 1. The molecule has 0 radical (unpaired) electrons. The summed E-state index contributed by atoms with van der Waals surface area (Å²) in [5, 5.41) is 9.02. The molecule has 1 amide bonds. The molecule has 0 bridgehead atoms. The third kappa shape index (κ3) is 4.69. The lowest BCUT2D eigenvalue weighted by Gasteiger charge is -2.05. The molecule has 0 fully saturated rings. The Balaban J connectivity index is 2.16. The van der Waals surface area contributed by atoms with Gasteiger partial charge in [0.05, 0.1) is 0 Å². The highest BCUT2D eigenvalue weighted by Gasteiger charge is 2.01. The molecule has 0 heterocycles. The summed E-state index contributed by atoms with van der Waals surface area (Å²) >= 11 is 6.27. The van der Waals surface area contributed by atoms with Crippen molar-refractivity contribution in [1.82, 2.24) is 5.48 Å². The van der Waals surface area contributed by atoms with Crippen molar-refractivity contribution in [3.8, 4) is 0 Å². The number of nitrogens with one attached hydrogen (secondary N) is 1. The third-order valence-corrected chi connectivity index (χ3v) is 3.84. The van der Waals surface area contributed by atoms with Crippen LogP contribution in [0.5, 0.6) is 0 Å². The van der Waals surface area contributed by atoms with Crippen molar-refractivity contribution >= 4 is 35.2 Å². The van der Waals surface area contributed by atoms with Gasteiger partial charge in [0.15, 0.2) is 0 Å². The van der Waals surface area contributed by atoms with Gasteiger partial charge in [-0.1, -0.05) is 66.7 Å². The first-order valence-corrected chi connectivity index (χ1v) is 7.73. The van der Waals surface area contributed by atoms with Crippen molar-refractivity contribution in [2.75, 3.05) is 0 Å². The van der Waals surface area contributed by atoms with E-state index in [0.29, 0.717) is 5.02 Å². The number of amides is 1. The van der Waals surface area contributed by atoms with Crippen molar-refractivity contribution < 1.29 is 10.0 Å². The van der Waals surface area contributed by atoms with Crippen LogP contribution in [0.15, 0.2) is 61.2 Å². The second kappa shape index (κ2) is 8.29. The maximum atomic E-state index is 11.0. The number of halogens is 1. The molecule has 0 unspecified atom stereocenters. The van der Waals surface area contributed by atoms with Crippen LogP contribution in [0, 0.1) is 6.92 Å². The number of carbonyl (C=O) groups is 1. The van der Waals surface area contributed by atoms with Crippen LogP contribution in [0.1, 0.15) is 22.3 Å². The minimum Gasteiger partial charge on any atom is -0.288 e. The van der Waals surface area contributed by atoms with E-state index in [2.05, 4.69) is 6.58 Å². The summed E-state index contributed by atoms with van der Waals surface area (Å²) in [4.78, 5) is 11.0. The van der Waals surface area contributed by atoms with Gasteiger partial charge in [0.1, 0.15) is 0 Å². The van der Waals surface area contributed by atoms with Gasteiger partial charge in [-0.25, -0.2) is 5.48 Å². The van der Waals surface area contributed by atoms with Gasteiger partial charge in [-0.2, -0.15) is 0 Å². The highest BCUT2D eigenvalue weighted by Crippen LogP contribution is 2.23. The van der Waals surface area contributed by atoms with Crippen LogP contribution in [0.25, 0.3) is 17.7 Å². The van der Waals surface area contributed by atoms with Crippen LogP contribution in [0.2, 0.25) is 5.02 Å². The summed E-state index contributed by atoms with van der Waals surface area (Å²) < 4.78 is 0. The number of hydrogen-bond acceptors (Lipinski definition) is 2. The predicted molar refractivity (Wildman–Crippen MR) is 99.7 cm³/mol. The first-order chi connectivity index (χ1) is 11.5. The predicted octanol–water partition coefficient (Wildman–Crippen LogP) is 4.89. The summed E-state index contributed by atoms with van der Waals surface area (Å²) in [7, 11) is 0. The molecule has 2 aromatic rings. The van der Waals surface area contributed by atoms with E-state index in [1.807, 2.05) is 55.5 Å². The topological polar surface area (TPSA) is 49.3 Å². The van der Waals surface area contributed by atoms with Gasteiger partial charge in [-0.15, -0.1) is 0 Å². The second-order valence-electron chi connectivity index (χ2n) is 5.26. The fourth-order valence-electron chi connectivity index (χ4n) is 2.20. The summed E-state index contributed by atoms with van der Waals surface area (Å²) in [6.45, 7) is 6.14. The zero-order valence-electron chi connectivity index (χ0n) is 13.3. The summed E-state index contributed by atoms with van der Waals surface area (Å²) in [6, 6.07) is 13.5. The fraction of sp³-hybridized carbons (Fsp3) is 0.0500. The van der Waals surface area contributed by atoms with E-state index in [1.165, 1.54) is 17.1 Å². The van der Waals surface area contributed by atoms with Crippen molar-refractivity contribution in [1.29, 1.82) is 0 Å². The molecule has 0 atom stereocenters. The lowest BCUT2D eigenvalue weighted by molar-refractivity contribution is -0.124. The Morgan fingerprint density at radius 3 is 2.58 bits per heavy atom. The Morgan fingerprint density at radius 1 is 1.17 bits per heavy atom. The molecule has 0 aliphatic carbocycles. The normalized spacial score (nSPS) is 11.1. The van der Waals surface area contributed by atoms with Gasteiger partial charge >= 0.3 is 0 Å². The average molecular weight is 340 g/mol. The van der Waals surface area contributed by atoms with Gasteiger partial charge in [-0.05, 0) is 46.9 Å². The number of benzene rings is 2. The molecule has 122 valence electrons. The Hall–Kier alpha value is -2.62. The van der Waals surface area contributed by atoms with Gasteiger partial charge in [-0.3, -0.25) is 10.0 Å². The number of allylic oxidation sites excluding steroid dienone is 2. The SMILES string of the molecule is C=C(/C=C/c1ccc(/C=C/C(=O)NO)cc1Cl)c1ccccc1C. The van der Waals surface area contributed by atoms with E-state index < -0.39 is 5.91 Å². The average Bonchev–Trinajstić information content (AvgIpc) is 2.58. The number of carbonyl (C=O) groups excluding carboxylic acids is 1. The highest BCUT2D eigenvalue weighted by atomic mass is 35.5. The van der Waals surface area contributed by atoms with Crippen molar-refractivity contribution in [3.05, 3.63) is 88.5 Å². The molecular formula is C20H18ClNO2. The quantitative estimate of drug-likeness (QED) is 0.352. The molecule has 2 rings (SSSR count). The zero-order chi connectivity index (χ0) is 17.5. The summed E-state index contributed by atoms with van der Waals surface area (Å²) in [5.41, 5.74) is 6.33. The Kier molecular flexibility index (Phi) is 6.13. The maximum absolute atomic E-state index is 11.0. The highest BCUT2D eigenvalue weighted by molar-refractivity contribution is 6.32. The number of rotatable bonds is 5. The fourth-order valence-corrected chi connectivity index (χ4v) is 2.46.